The second kappa shape index (κ2) is 8.17. The zero-order valence-corrected chi connectivity index (χ0v) is 11.0. The first-order chi connectivity index (χ1) is 8.27. The van der Waals surface area contributed by atoms with E-state index in [9.17, 15) is 4.79 Å². The number of carbonyl (C=O) groups is 1. The highest BCUT2D eigenvalue weighted by molar-refractivity contribution is 5.78. The average Bonchev–Trinajstić information content (AvgIpc) is 2.27. The average molecular weight is 235 g/mol. The highest BCUT2D eigenvalue weighted by Crippen LogP contribution is 2.22. The third-order valence-corrected chi connectivity index (χ3v) is 3.68. The Morgan fingerprint density at radius 1 is 1.29 bits per heavy atom. The topological polar surface area (TPSA) is 29.1 Å². The molecular formula is C15H25NO. The molecule has 1 fully saturated rings. The lowest BCUT2D eigenvalue weighted by molar-refractivity contribution is -0.126. The lowest BCUT2D eigenvalue weighted by Gasteiger charge is -2.22. The van der Waals surface area contributed by atoms with Gasteiger partial charge in [0.15, 0.2) is 0 Å². The highest BCUT2D eigenvalue weighted by atomic mass is 16.1. The summed E-state index contributed by atoms with van der Waals surface area (Å²) in [5, 5.41) is 3.10. The summed E-state index contributed by atoms with van der Waals surface area (Å²) in [5.74, 6) is 3.09. The molecular weight excluding hydrogens is 210 g/mol. The fourth-order valence-corrected chi connectivity index (χ4v) is 2.48. The van der Waals surface area contributed by atoms with Crippen molar-refractivity contribution in [2.24, 2.45) is 5.92 Å². The molecule has 1 atom stereocenters. The zero-order valence-electron chi connectivity index (χ0n) is 11.0. The van der Waals surface area contributed by atoms with Crippen LogP contribution in [0.1, 0.15) is 64.7 Å². The maximum absolute atomic E-state index is 12.1. The number of hydrogen-bond donors (Lipinski definition) is 1. The molecule has 0 aromatic heterocycles. The van der Waals surface area contributed by atoms with Crippen LogP contribution in [0.5, 0.6) is 0 Å². The molecule has 2 nitrogen and oxygen atoms in total. The summed E-state index contributed by atoms with van der Waals surface area (Å²) >= 11 is 0. The fourth-order valence-electron chi connectivity index (χ4n) is 2.48. The molecule has 1 N–H and O–H groups in total. The van der Waals surface area contributed by atoms with E-state index in [1.54, 1.807) is 0 Å². The van der Waals surface area contributed by atoms with Crippen molar-refractivity contribution in [2.75, 3.05) is 0 Å². The Hall–Kier alpha value is -0.970. The SMILES string of the molecule is C#CCC(CC)NC(=O)C1CCCCCCC1. The van der Waals surface area contributed by atoms with E-state index in [1.807, 2.05) is 0 Å². The number of nitrogens with one attached hydrogen (secondary N) is 1. The minimum atomic E-state index is 0.165. The van der Waals surface area contributed by atoms with E-state index in [2.05, 4.69) is 18.2 Å². The highest BCUT2D eigenvalue weighted by Gasteiger charge is 2.20. The monoisotopic (exact) mass is 235 g/mol. The molecule has 0 aromatic rings. The van der Waals surface area contributed by atoms with E-state index in [1.165, 1.54) is 32.1 Å². The van der Waals surface area contributed by atoms with Crippen LogP contribution >= 0.6 is 0 Å². The van der Waals surface area contributed by atoms with Crippen LogP contribution in [-0.4, -0.2) is 11.9 Å². The number of hydrogen-bond acceptors (Lipinski definition) is 1. The summed E-state index contributed by atoms with van der Waals surface area (Å²) in [7, 11) is 0. The quantitative estimate of drug-likeness (QED) is 0.744. The van der Waals surface area contributed by atoms with Crippen molar-refractivity contribution >= 4 is 5.91 Å². The molecule has 0 bridgehead atoms. The van der Waals surface area contributed by atoms with Gasteiger partial charge in [-0.2, -0.15) is 0 Å². The van der Waals surface area contributed by atoms with Crippen molar-refractivity contribution in [2.45, 2.75) is 70.8 Å². The van der Waals surface area contributed by atoms with Crippen LogP contribution in [0.2, 0.25) is 0 Å². The largest absolute Gasteiger partial charge is 0.352 e. The minimum Gasteiger partial charge on any atom is -0.352 e. The van der Waals surface area contributed by atoms with Gasteiger partial charge in [0.1, 0.15) is 0 Å². The van der Waals surface area contributed by atoms with Crippen molar-refractivity contribution in [3.05, 3.63) is 0 Å². The summed E-state index contributed by atoms with van der Waals surface area (Å²) in [6, 6.07) is 0.165. The van der Waals surface area contributed by atoms with Crippen LogP contribution in [0.15, 0.2) is 0 Å². The maximum atomic E-state index is 12.1. The van der Waals surface area contributed by atoms with Crippen LogP contribution < -0.4 is 5.32 Å². The first-order valence-electron chi connectivity index (χ1n) is 7.01. The summed E-state index contributed by atoms with van der Waals surface area (Å²) in [6.45, 7) is 2.07. The molecule has 1 aliphatic carbocycles. The van der Waals surface area contributed by atoms with Gasteiger partial charge in [-0.05, 0) is 19.3 Å². The number of rotatable bonds is 4. The molecule has 0 aromatic carbocycles. The third-order valence-electron chi connectivity index (χ3n) is 3.68. The zero-order chi connectivity index (χ0) is 12.5. The first kappa shape index (κ1) is 14.1. The van der Waals surface area contributed by atoms with Gasteiger partial charge in [-0.25, -0.2) is 0 Å². The van der Waals surface area contributed by atoms with Crippen LogP contribution in [0.4, 0.5) is 0 Å². The van der Waals surface area contributed by atoms with Crippen molar-refractivity contribution < 1.29 is 4.79 Å². The molecule has 0 heterocycles. The molecule has 1 aliphatic rings. The van der Waals surface area contributed by atoms with E-state index in [4.69, 9.17) is 6.42 Å². The predicted octanol–water partition coefficient (Wildman–Crippen LogP) is 3.27. The van der Waals surface area contributed by atoms with Crippen LogP contribution in [0.3, 0.4) is 0 Å². The molecule has 1 amide bonds. The maximum Gasteiger partial charge on any atom is 0.223 e. The Morgan fingerprint density at radius 3 is 2.41 bits per heavy atom. The van der Waals surface area contributed by atoms with Crippen LogP contribution in [0, 0.1) is 18.3 Å². The van der Waals surface area contributed by atoms with Gasteiger partial charge in [0.2, 0.25) is 5.91 Å². The third kappa shape index (κ3) is 5.26. The first-order valence-corrected chi connectivity index (χ1v) is 7.01. The van der Waals surface area contributed by atoms with E-state index in [0.717, 1.165) is 19.3 Å². The molecule has 1 unspecified atom stereocenters. The van der Waals surface area contributed by atoms with Gasteiger partial charge in [0.05, 0.1) is 0 Å². The van der Waals surface area contributed by atoms with E-state index in [-0.39, 0.29) is 17.9 Å². The number of terminal acetylenes is 1. The van der Waals surface area contributed by atoms with E-state index in [0.29, 0.717) is 6.42 Å². The van der Waals surface area contributed by atoms with Gasteiger partial charge in [-0.3, -0.25) is 4.79 Å². The second-order valence-corrected chi connectivity index (χ2v) is 5.06. The van der Waals surface area contributed by atoms with Crippen molar-refractivity contribution in [3.63, 3.8) is 0 Å². The van der Waals surface area contributed by atoms with Gasteiger partial charge >= 0.3 is 0 Å². The summed E-state index contributed by atoms with van der Waals surface area (Å²) < 4.78 is 0. The van der Waals surface area contributed by atoms with Gasteiger partial charge in [-0.1, -0.05) is 39.0 Å². The molecule has 0 spiro atoms. The van der Waals surface area contributed by atoms with Crippen molar-refractivity contribution in [3.8, 4) is 12.3 Å². The fraction of sp³-hybridized carbons (Fsp3) is 0.800. The lowest BCUT2D eigenvalue weighted by Crippen LogP contribution is -2.38. The van der Waals surface area contributed by atoms with E-state index < -0.39 is 0 Å². The Kier molecular flexibility index (Phi) is 6.77. The summed E-state index contributed by atoms with van der Waals surface area (Å²) in [4.78, 5) is 12.1. The number of carbonyl (C=O) groups excluding carboxylic acids is 1. The molecule has 1 rings (SSSR count). The molecule has 0 radical (unpaired) electrons. The van der Waals surface area contributed by atoms with Crippen LogP contribution in [0.25, 0.3) is 0 Å². The molecule has 1 saturated carbocycles. The minimum absolute atomic E-state index is 0.165. The second-order valence-electron chi connectivity index (χ2n) is 5.06. The number of amides is 1. The predicted molar refractivity (Wildman–Crippen MR) is 71.5 cm³/mol. The molecule has 0 aliphatic heterocycles. The summed E-state index contributed by atoms with van der Waals surface area (Å²) in [6.07, 6.45) is 15.3. The molecule has 2 heteroatoms. The van der Waals surface area contributed by atoms with Gasteiger partial charge in [0, 0.05) is 18.4 Å². The lowest BCUT2D eigenvalue weighted by atomic mass is 9.90. The van der Waals surface area contributed by atoms with Crippen molar-refractivity contribution in [1.82, 2.24) is 5.32 Å². The smallest absolute Gasteiger partial charge is 0.223 e. The normalized spacial score (nSPS) is 19.8. The summed E-state index contributed by atoms with van der Waals surface area (Å²) in [5.41, 5.74) is 0. The molecule has 96 valence electrons. The Labute approximate surface area is 106 Å². The van der Waals surface area contributed by atoms with Gasteiger partial charge in [-0.15, -0.1) is 12.3 Å². The Bertz CT molecular complexity index is 259. The standard InChI is InChI=1S/C15H25NO/c1-3-10-14(4-2)16-15(17)13-11-8-6-5-7-9-12-13/h1,13-14H,4-12H2,2H3,(H,16,17). The van der Waals surface area contributed by atoms with Gasteiger partial charge in [0.25, 0.3) is 0 Å². The van der Waals surface area contributed by atoms with Crippen molar-refractivity contribution in [1.29, 1.82) is 0 Å². The Balaban J connectivity index is 2.40. The molecule has 17 heavy (non-hydrogen) atoms. The van der Waals surface area contributed by atoms with Crippen LogP contribution in [-0.2, 0) is 4.79 Å². The van der Waals surface area contributed by atoms with E-state index >= 15 is 0 Å². The van der Waals surface area contributed by atoms with Gasteiger partial charge < -0.3 is 5.32 Å². The Morgan fingerprint density at radius 2 is 1.88 bits per heavy atom. The molecule has 0 saturated heterocycles.